The second kappa shape index (κ2) is 7.24. The van der Waals surface area contributed by atoms with Gasteiger partial charge in [0, 0.05) is 25.0 Å². The summed E-state index contributed by atoms with van der Waals surface area (Å²) in [6.45, 7) is 0.608. The summed E-state index contributed by atoms with van der Waals surface area (Å²) in [7, 11) is -0.755. The van der Waals surface area contributed by atoms with E-state index < -0.39 is 10.0 Å². The maximum atomic E-state index is 12.9. The quantitative estimate of drug-likeness (QED) is 0.763. The van der Waals surface area contributed by atoms with Gasteiger partial charge in [-0.15, -0.1) is 0 Å². The standard InChI is InChI=1S/C16H19N3O5S/c1-22-12-3-4-15(14(9-12)23-2)25(20,21)19-8-5-13(11-19)24-16-10-17-6-7-18-16/h3-4,6-7,9-10,13H,5,8,11H2,1-2H3. The normalized spacial score (nSPS) is 18.1. The fraction of sp³-hybridized carbons (Fsp3) is 0.375. The summed E-state index contributed by atoms with van der Waals surface area (Å²) in [6.07, 6.45) is 4.89. The van der Waals surface area contributed by atoms with Crippen LogP contribution in [-0.4, -0.2) is 56.1 Å². The zero-order valence-corrected chi connectivity index (χ0v) is 14.8. The van der Waals surface area contributed by atoms with Crippen molar-refractivity contribution in [2.24, 2.45) is 0 Å². The molecule has 2 aromatic rings. The molecule has 1 saturated heterocycles. The summed E-state index contributed by atoms with van der Waals surface area (Å²) in [6, 6.07) is 4.64. The predicted octanol–water partition coefficient (Wildman–Crippen LogP) is 1.34. The maximum Gasteiger partial charge on any atom is 0.246 e. The fourth-order valence-corrected chi connectivity index (χ4v) is 4.28. The third-order valence-corrected chi connectivity index (χ3v) is 5.83. The first-order valence-corrected chi connectivity index (χ1v) is 9.13. The van der Waals surface area contributed by atoms with Crippen molar-refractivity contribution in [1.82, 2.24) is 14.3 Å². The summed E-state index contributed by atoms with van der Waals surface area (Å²) in [4.78, 5) is 8.09. The Labute approximate surface area is 146 Å². The van der Waals surface area contributed by atoms with E-state index in [9.17, 15) is 8.42 Å². The number of nitrogens with zero attached hydrogens (tertiary/aromatic N) is 3. The van der Waals surface area contributed by atoms with Crippen LogP contribution in [0.5, 0.6) is 17.4 Å². The fourth-order valence-electron chi connectivity index (χ4n) is 2.66. The van der Waals surface area contributed by atoms with Gasteiger partial charge >= 0.3 is 0 Å². The number of methoxy groups -OCH3 is 2. The Balaban J connectivity index is 1.77. The highest BCUT2D eigenvalue weighted by Gasteiger charge is 2.35. The second-order valence-corrected chi connectivity index (χ2v) is 7.36. The molecule has 1 fully saturated rings. The van der Waals surface area contributed by atoms with E-state index in [-0.39, 0.29) is 23.3 Å². The molecule has 9 heteroatoms. The molecule has 0 radical (unpaired) electrons. The molecule has 1 aromatic heterocycles. The first kappa shape index (κ1) is 17.4. The van der Waals surface area contributed by atoms with Gasteiger partial charge in [-0.3, -0.25) is 4.98 Å². The lowest BCUT2D eigenvalue weighted by atomic mass is 10.3. The molecule has 25 heavy (non-hydrogen) atoms. The number of rotatable bonds is 6. The molecule has 2 heterocycles. The molecule has 1 atom stereocenters. The van der Waals surface area contributed by atoms with Gasteiger partial charge in [0.15, 0.2) is 0 Å². The Morgan fingerprint density at radius 1 is 1.20 bits per heavy atom. The van der Waals surface area contributed by atoms with E-state index in [1.54, 1.807) is 18.3 Å². The van der Waals surface area contributed by atoms with Crippen LogP contribution < -0.4 is 14.2 Å². The van der Waals surface area contributed by atoms with E-state index in [4.69, 9.17) is 14.2 Å². The molecule has 0 saturated carbocycles. The van der Waals surface area contributed by atoms with E-state index in [1.165, 1.54) is 37.0 Å². The number of aromatic nitrogens is 2. The third kappa shape index (κ3) is 3.67. The van der Waals surface area contributed by atoms with Gasteiger partial charge in [0.1, 0.15) is 22.5 Å². The summed E-state index contributed by atoms with van der Waals surface area (Å²) in [5, 5.41) is 0. The van der Waals surface area contributed by atoms with Gasteiger partial charge < -0.3 is 14.2 Å². The zero-order valence-electron chi connectivity index (χ0n) is 14.0. The Hall–Kier alpha value is -2.39. The minimum absolute atomic E-state index is 0.107. The minimum atomic E-state index is -3.69. The summed E-state index contributed by atoms with van der Waals surface area (Å²) < 4.78 is 43.3. The largest absolute Gasteiger partial charge is 0.497 e. The van der Waals surface area contributed by atoms with Gasteiger partial charge in [-0.05, 0) is 18.6 Å². The number of hydrogen-bond donors (Lipinski definition) is 0. The molecule has 0 aliphatic carbocycles. The highest BCUT2D eigenvalue weighted by atomic mass is 32.2. The number of sulfonamides is 1. The van der Waals surface area contributed by atoms with Crippen LogP contribution in [0.2, 0.25) is 0 Å². The van der Waals surface area contributed by atoms with Crippen molar-refractivity contribution >= 4 is 10.0 Å². The monoisotopic (exact) mass is 365 g/mol. The van der Waals surface area contributed by atoms with Crippen molar-refractivity contribution in [3.05, 3.63) is 36.8 Å². The van der Waals surface area contributed by atoms with Crippen LogP contribution in [0.1, 0.15) is 6.42 Å². The Kier molecular flexibility index (Phi) is 5.05. The Morgan fingerprint density at radius 3 is 2.72 bits per heavy atom. The van der Waals surface area contributed by atoms with Crippen molar-refractivity contribution in [3.63, 3.8) is 0 Å². The van der Waals surface area contributed by atoms with Gasteiger partial charge in [-0.25, -0.2) is 13.4 Å². The Morgan fingerprint density at radius 2 is 2.04 bits per heavy atom. The van der Waals surface area contributed by atoms with Gasteiger partial charge in [-0.1, -0.05) is 0 Å². The minimum Gasteiger partial charge on any atom is -0.497 e. The van der Waals surface area contributed by atoms with Gasteiger partial charge in [0.05, 0.1) is 27.0 Å². The molecule has 0 spiro atoms. The van der Waals surface area contributed by atoms with E-state index in [1.807, 2.05) is 0 Å². The molecule has 1 aliphatic rings. The molecular formula is C16H19N3O5S. The number of benzene rings is 1. The van der Waals surface area contributed by atoms with E-state index in [0.717, 1.165) is 0 Å². The van der Waals surface area contributed by atoms with Gasteiger partial charge in [0.2, 0.25) is 15.9 Å². The van der Waals surface area contributed by atoms with Gasteiger partial charge in [0.25, 0.3) is 0 Å². The Bertz CT molecular complexity index is 829. The topological polar surface area (TPSA) is 90.9 Å². The zero-order chi connectivity index (χ0) is 17.9. The number of hydrogen-bond acceptors (Lipinski definition) is 7. The number of ether oxygens (including phenoxy) is 3. The highest BCUT2D eigenvalue weighted by molar-refractivity contribution is 7.89. The third-order valence-electron chi connectivity index (χ3n) is 3.92. The molecule has 134 valence electrons. The lowest BCUT2D eigenvalue weighted by molar-refractivity contribution is 0.206. The predicted molar refractivity (Wildman–Crippen MR) is 89.4 cm³/mol. The average molecular weight is 365 g/mol. The van der Waals surface area contributed by atoms with Crippen molar-refractivity contribution in [2.75, 3.05) is 27.3 Å². The van der Waals surface area contributed by atoms with Crippen molar-refractivity contribution in [3.8, 4) is 17.4 Å². The molecule has 0 bridgehead atoms. The van der Waals surface area contributed by atoms with Crippen LogP contribution in [0.15, 0.2) is 41.7 Å². The van der Waals surface area contributed by atoms with Crippen molar-refractivity contribution in [2.45, 2.75) is 17.4 Å². The van der Waals surface area contributed by atoms with Crippen LogP contribution in [0.4, 0.5) is 0 Å². The molecule has 0 N–H and O–H groups in total. The average Bonchev–Trinajstić information content (AvgIpc) is 3.11. The summed E-state index contributed by atoms with van der Waals surface area (Å²) in [5.41, 5.74) is 0. The lowest BCUT2D eigenvalue weighted by Gasteiger charge is -2.19. The molecular weight excluding hydrogens is 346 g/mol. The van der Waals surface area contributed by atoms with Crippen molar-refractivity contribution in [1.29, 1.82) is 0 Å². The van der Waals surface area contributed by atoms with Crippen molar-refractivity contribution < 1.29 is 22.6 Å². The first-order chi connectivity index (χ1) is 12.0. The molecule has 3 rings (SSSR count). The smallest absolute Gasteiger partial charge is 0.246 e. The molecule has 8 nitrogen and oxygen atoms in total. The van der Waals surface area contributed by atoms with Crippen LogP contribution in [0.25, 0.3) is 0 Å². The first-order valence-electron chi connectivity index (χ1n) is 7.69. The second-order valence-electron chi connectivity index (χ2n) is 5.45. The van der Waals surface area contributed by atoms with Crippen LogP contribution in [-0.2, 0) is 10.0 Å². The molecule has 1 unspecified atom stereocenters. The lowest BCUT2D eigenvalue weighted by Crippen LogP contribution is -2.31. The SMILES string of the molecule is COc1ccc(S(=O)(=O)N2CCC(Oc3cnccn3)C2)c(OC)c1. The van der Waals surface area contributed by atoms with Gasteiger partial charge in [-0.2, -0.15) is 4.31 Å². The molecule has 1 aromatic carbocycles. The van der Waals surface area contributed by atoms with E-state index in [2.05, 4.69) is 9.97 Å². The maximum absolute atomic E-state index is 12.9. The van der Waals surface area contributed by atoms with E-state index in [0.29, 0.717) is 24.6 Å². The summed E-state index contributed by atoms with van der Waals surface area (Å²) in [5.74, 6) is 1.16. The van der Waals surface area contributed by atoms with Crippen LogP contribution in [0.3, 0.4) is 0 Å². The highest BCUT2D eigenvalue weighted by Crippen LogP contribution is 2.32. The molecule has 1 aliphatic heterocycles. The van der Waals surface area contributed by atoms with Crippen LogP contribution >= 0.6 is 0 Å². The molecule has 0 amide bonds. The van der Waals surface area contributed by atoms with Crippen LogP contribution in [0, 0.1) is 0 Å². The summed E-state index contributed by atoms with van der Waals surface area (Å²) >= 11 is 0. The van der Waals surface area contributed by atoms with E-state index >= 15 is 0 Å².